The Balaban J connectivity index is 2.10. The van der Waals surface area contributed by atoms with Gasteiger partial charge in [-0.2, -0.15) is 0 Å². The van der Waals surface area contributed by atoms with Crippen molar-refractivity contribution in [3.8, 4) is 5.75 Å². The molecular weight excluding hydrogens is 202 g/mol. The first-order valence-corrected chi connectivity index (χ1v) is 5.76. The van der Waals surface area contributed by atoms with Gasteiger partial charge in [-0.15, -0.1) is 0 Å². The van der Waals surface area contributed by atoms with E-state index in [1.165, 1.54) is 5.56 Å². The fourth-order valence-electron chi connectivity index (χ4n) is 2.13. The predicted octanol–water partition coefficient (Wildman–Crippen LogP) is 2.13. The molecule has 1 aliphatic rings. The average Bonchev–Trinajstić information content (AvgIpc) is 2.39. The summed E-state index contributed by atoms with van der Waals surface area (Å²) in [7, 11) is 3.70. The van der Waals surface area contributed by atoms with Crippen LogP contribution >= 0.6 is 0 Å². The van der Waals surface area contributed by atoms with Crippen molar-refractivity contribution < 1.29 is 9.47 Å². The van der Waals surface area contributed by atoms with Gasteiger partial charge in [-0.05, 0) is 37.6 Å². The molecule has 1 aromatic rings. The summed E-state index contributed by atoms with van der Waals surface area (Å²) in [6.45, 7) is 0.827. The predicted molar refractivity (Wildman–Crippen MR) is 63.8 cm³/mol. The molecular formula is C13H19NO2. The van der Waals surface area contributed by atoms with E-state index in [1.54, 1.807) is 7.11 Å². The average molecular weight is 221 g/mol. The molecule has 1 saturated heterocycles. The third-order valence-corrected chi connectivity index (χ3v) is 3.16. The van der Waals surface area contributed by atoms with E-state index in [2.05, 4.69) is 17.4 Å². The zero-order chi connectivity index (χ0) is 11.4. The Morgan fingerprint density at radius 3 is 3.06 bits per heavy atom. The first-order chi connectivity index (χ1) is 7.83. The largest absolute Gasteiger partial charge is 0.497 e. The standard InChI is InChI=1S/C13H19NO2/c1-14-11-6-7-16-13(9-11)10-4-3-5-12(8-10)15-2/h3-5,8,11,13-14H,6-7,9H2,1-2H3. The van der Waals surface area contributed by atoms with Crippen LogP contribution in [-0.2, 0) is 4.74 Å². The van der Waals surface area contributed by atoms with Gasteiger partial charge in [-0.3, -0.25) is 0 Å². The Morgan fingerprint density at radius 1 is 1.44 bits per heavy atom. The normalized spacial score (nSPS) is 25.4. The fraction of sp³-hybridized carbons (Fsp3) is 0.538. The third-order valence-electron chi connectivity index (χ3n) is 3.16. The number of ether oxygens (including phenoxy) is 2. The van der Waals surface area contributed by atoms with E-state index < -0.39 is 0 Å². The number of hydrogen-bond donors (Lipinski definition) is 1. The molecule has 1 aliphatic heterocycles. The minimum absolute atomic E-state index is 0.196. The van der Waals surface area contributed by atoms with Crippen molar-refractivity contribution in [3.63, 3.8) is 0 Å². The number of methoxy groups -OCH3 is 1. The summed E-state index contributed by atoms with van der Waals surface area (Å²) in [5.41, 5.74) is 1.21. The summed E-state index contributed by atoms with van der Waals surface area (Å²) in [6, 6.07) is 8.70. The lowest BCUT2D eigenvalue weighted by Crippen LogP contribution is -2.33. The van der Waals surface area contributed by atoms with Gasteiger partial charge in [0, 0.05) is 12.6 Å². The van der Waals surface area contributed by atoms with Crippen molar-refractivity contribution in [2.45, 2.75) is 25.0 Å². The lowest BCUT2D eigenvalue weighted by atomic mass is 9.97. The lowest BCUT2D eigenvalue weighted by molar-refractivity contribution is 0.00145. The molecule has 16 heavy (non-hydrogen) atoms. The number of benzene rings is 1. The van der Waals surface area contributed by atoms with Gasteiger partial charge in [0.05, 0.1) is 13.2 Å². The molecule has 0 aliphatic carbocycles. The van der Waals surface area contributed by atoms with Crippen LogP contribution in [0.5, 0.6) is 5.75 Å². The third kappa shape index (κ3) is 2.54. The van der Waals surface area contributed by atoms with Crippen molar-refractivity contribution in [1.29, 1.82) is 0 Å². The molecule has 0 aromatic heterocycles. The summed E-state index contributed by atoms with van der Waals surface area (Å²) in [5, 5.41) is 3.32. The van der Waals surface area contributed by atoms with Crippen molar-refractivity contribution in [3.05, 3.63) is 29.8 Å². The first-order valence-electron chi connectivity index (χ1n) is 5.76. The van der Waals surface area contributed by atoms with Gasteiger partial charge >= 0.3 is 0 Å². The van der Waals surface area contributed by atoms with Gasteiger partial charge in [0.15, 0.2) is 0 Å². The molecule has 1 fully saturated rings. The van der Waals surface area contributed by atoms with Gasteiger partial charge in [0.25, 0.3) is 0 Å². The molecule has 2 atom stereocenters. The second kappa shape index (κ2) is 5.32. The molecule has 1 heterocycles. The van der Waals surface area contributed by atoms with Crippen molar-refractivity contribution in [2.24, 2.45) is 0 Å². The molecule has 1 N–H and O–H groups in total. The van der Waals surface area contributed by atoms with E-state index >= 15 is 0 Å². The van der Waals surface area contributed by atoms with Crippen LogP contribution < -0.4 is 10.1 Å². The van der Waals surface area contributed by atoms with Crippen molar-refractivity contribution in [2.75, 3.05) is 20.8 Å². The van der Waals surface area contributed by atoms with E-state index in [-0.39, 0.29) is 6.10 Å². The molecule has 0 bridgehead atoms. The highest BCUT2D eigenvalue weighted by atomic mass is 16.5. The summed E-state index contributed by atoms with van der Waals surface area (Å²) in [4.78, 5) is 0. The molecule has 2 unspecified atom stereocenters. The van der Waals surface area contributed by atoms with E-state index in [0.29, 0.717) is 6.04 Å². The van der Waals surface area contributed by atoms with E-state index in [9.17, 15) is 0 Å². The highest BCUT2D eigenvalue weighted by Crippen LogP contribution is 2.29. The number of nitrogens with one attached hydrogen (secondary N) is 1. The zero-order valence-electron chi connectivity index (χ0n) is 9.90. The number of hydrogen-bond acceptors (Lipinski definition) is 3. The second-order valence-corrected chi connectivity index (χ2v) is 4.15. The first kappa shape index (κ1) is 11.4. The highest BCUT2D eigenvalue weighted by Gasteiger charge is 2.22. The minimum Gasteiger partial charge on any atom is -0.497 e. The molecule has 2 rings (SSSR count). The van der Waals surface area contributed by atoms with Gasteiger partial charge in [0.1, 0.15) is 5.75 Å². The monoisotopic (exact) mass is 221 g/mol. The molecule has 3 nitrogen and oxygen atoms in total. The van der Waals surface area contributed by atoms with Crippen LogP contribution in [0.4, 0.5) is 0 Å². The van der Waals surface area contributed by atoms with Crippen LogP contribution in [0, 0.1) is 0 Å². The Hall–Kier alpha value is -1.06. The lowest BCUT2D eigenvalue weighted by Gasteiger charge is -2.29. The van der Waals surface area contributed by atoms with Gasteiger partial charge in [0.2, 0.25) is 0 Å². The molecule has 0 radical (unpaired) electrons. The maximum atomic E-state index is 5.80. The smallest absolute Gasteiger partial charge is 0.119 e. The summed E-state index contributed by atoms with van der Waals surface area (Å²) in [5.74, 6) is 0.896. The summed E-state index contributed by atoms with van der Waals surface area (Å²) in [6.07, 6.45) is 2.32. The van der Waals surface area contributed by atoms with Crippen LogP contribution in [0.25, 0.3) is 0 Å². The highest BCUT2D eigenvalue weighted by molar-refractivity contribution is 5.30. The maximum Gasteiger partial charge on any atom is 0.119 e. The van der Waals surface area contributed by atoms with Crippen molar-refractivity contribution >= 4 is 0 Å². The summed E-state index contributed by atoms with van der Waals surface area (Å²) < 4.78 is 11.0. The molecule has 3 heteroatoms. The van der Waals surface area contributed by atoms with Gasteiger partial charge in [-0.25, -0.2) is 0 Å². The minimum atomic E-state index is 0.196. The molecule has 1 aromatic carbocycles. The van der Waals surface area contributed by atoms with Crippen molar-refractivity contribution in [1.82, 2.24) is 5.32 Å². The SMILES string of the molecule is CNC1CCOC(c2cccc(OC)c2)C1. The second-order valence-electron chi connectivity index (χ2n) is 4.15. The van der Waals surface area contributed by atoms with Crippen LogP contribution in [0.3, 0.4) is 0 Å². The Morgan fingerprint density at radius 2 is 2.31 bits per heavy atom. The van der Waals surface area contributed by atoms with Gasteiger partial charge in [-0.1, -0.05) is 12.1 Å². The van der Waals surface area contributed by atoms with Crippen LogP contribution in [0.1, 0.15) is 24.5 Å². The Labute approximate surface area is 96.8 Å². The van der Waals surface area contributed by atoms with E-state index in [4.69, 9.17) is 9.47 Å². The van der Waals surface area contributed by atoms with Crippen LogP contribution in [0.15, 0.2) is 24.3 Å². The molecule has 88 valence electrons. The molecule has 0 amide bonds. The van der Waals surface area contributed by atoms with Crippen LogP contribution in [-0.4, -0.2) is 26.8 Å². The summed E-state index contributed by atoms with van der Waals surface area (Å²) >= 11 is 0. The topological polar surface area (TPSA) is 30.5 Å². The van der Waals surface area contributed by atoms with Crippen LogP contribution in [0.2, 0.25) is 0 Å². The Bertz CT molecular complexity index is 340. The molecule has 0 spiro atoms. The quantitative estimate of drug-likeness (QED) is 0.848. The van der Waals surface area contributed by atoms with Gasteiger partial charge < -0.3 is 14.8 Å². The maximum absolute atomic E-state index is 5.80. The number of rotatable bonds is 3. The zero-order valence-corrected chi connectivity index (χ0v) is 9.90. The fourth-order valence-corrected chi connectivity index (χ4v) is 2.13. The van der Waals surface area contributed by atoms with E-state index in [1.807, 2.05) is 19.2 Å². The molecule has 0 saturated carbocycles. The van der Waals surface area contributed by atoms with E-state index in [0.717, 1.165) is 25.2 Å². The Kier molecular flexibility index (Phi) is 3.80.